The highest BCUT2D eigenvalue weighted by Gasteiger charge is 2.15. The van der Waals surface area contributed by atoms with Gasteiger partial charge in [0, 0.05) is 27.2 Å². The summed E-state index contributed by atoms with van der Waals surface area (Å²) < 4.78 is 0. The minimum Gasteiger partial charge on any atom is -0.354 e. The largest absolute Gasteiger partial charge is 0.354 e. The fraction of sp³-hybridized carbons (Fsp3) is 0.250. The third-order valence-corrected chi connectivity index (χ3v) is 5.16. The number of aromatic nitrogens is 2. The molecule has 176 valence electrons. The normalized spacial score (nSPS) is 12.6. The molecule has 0 bridgehead atoms. The van der Waals surface area contributed by atoms with E-state index in [-0.39, 0.29) is 46.4 Å². The standard InChI is InChI=1S/C24H26N6O4/c1-25-21(31)17-5-3-7-19(29-17)23(33)27-13-15-9-11-16(12-10-15)14-28-24(34)20-8-4-6-18(30-20)22(32)26-2/h3-9,11H,10,12-14H2,1-2H3,(H,25,31)(H,26,32)(H,27,33)(H,28,34). The van der Waals surface area contributed by atoms with Crippen LogP contribution < -0.4 is 21.3 Å². The summed E-state index contributed by atoms with van der Waals surface area (Å²) >= 11 is 0. The summed E-state index contributed by atoms with van der Waals surface area (Å²) in [6.45, 7) is 0.716. The van der Waals surface area contributed by atoms with Gasteiger partial charge in [0.25, 0.3) is 23.6 Å². The van der Waals surface area contributed by atoms with Crippen molar-refractivity contribution in [3.8, 4) is 0 Å². The van der Waals surface area contributed by atoms with Crippen LogP contribution in [0, 0.1) is 0 Å². The summed E-state index contributed by atoms with van der Waals surface area (Å²) in [5.74, 6) is -1.44. The Morgan fingerprint density at radius 3 is 1.32 bits per heavy atom. The molecular formula is C24H26N6O4. The zero-order chi connectivity index (χ0) is 24.5. The summed E-state index contributed by atoms with van der Waals surface area (Å²) in [7, 11) is 3.00. The molecule has 0 atom stereocenters. The van der Waals surface area contributed by atoms with Crippen LogP contribution in [0.4, 0.5) is 0 Å². The molecule has 0 saturated heterocycles. The van der Waals surface area contributed by atoms with Crippen LogP contribution in [0.15, 0.2) is 59.7 Å². The molecule has 2 heterocycles. The lowest BCUT2D eigenvalue weighted by molar-refractivity contribution is 0.0934. The fourth-order valence-corrected chi connectivity index (χ4v) is 3.22. The average molecular weight is 463 g/mol. The lowest BCUT2D eigenvalue weighted by Crippen LogP contribution is -2.29. The van der Waals surface area contributed by atoms with Crippen molar-refractivity contribution in [2.24, 2.45) is 0 Å². The van der Waals surface area contributed by atoms with Gasteiger partial charge in [0.15, 0.2) is 0 Å². The molecule has 0 unspecified atom stereocenters. The molecule has 10 heteroatoms. The number of carbonyl (C=O) groups is 4. The van der Waals surface area contributed by atoms with Crippen molar-refractivity contribution in [3.05, 3.63) is 82.5 Å². The quantitative estimate of drug-likeness (QED) is 0.461. The number of amides is 4. The highest BCUT2D eigenvalue weighted by molar-refractivity contribution is 5.97. The minimum absolute atomic E-state index is 0.172. The zero-order valence-corrected chi connectivity index (χ0v) is 19.0. The van der Waals surface area contributed by atoms with Crippen LogP contribution in [0.1, 0.15) is 54.8 Å². The first-order valence-corrected chi connectivity index (χ1v) is 10.7. The third-order valence-electron chi connectivity index (χ3n) is 5.16. The van der Waals surface area contributed by atoms with Crippen molar-refractivity contribution in [2.45, 2.75) is 12.8 Å². The predicted molar refractivity (Wildman–Crippen MR) is 125 cm³/mol. The SMILES string of the molecule is CNC(=O)c1cccc(C(=O)NCC2=CC=C(CNC(=O)c3cccc(C(=O)NC)n3)CC2)n1. The summed E-state index contributed by atoms with van der Waals surface area (Å²) in [5, 5.41) is 10.6. The Balaban J connectivity index is 1.51. The van der Waals surface area contributed by atoms with Gasteiger partial charge in [-0.3, -0.25) is 19.2 Å². The van der Waals surface area contributed by atoms with Crippen LogP contribution in [0.5, 0.6) is 0 Å². The maximum Gasteiger partial charge on any atom is 0.270 e. The van der Waals surface area contributed by atoms with E-state index in [9.17, 15) is 19.2 Å². The Labute approximate surface area is 196 Å². The van der Waals surface area contributed by atoms with Crippen molar-refractivity contribution in [1.29, 1.82) is 0 Å². The van der Waals surface area contributed by atoms with E-state index < -0.39 is 0 Å². The summed E-state index contributed by atoms with van der Waals surface area (Å²) in [4.78, 5) is 56.3. The summed E-state index contributed by atoms with van der Waals surface area (Å²) in [6, 6.07) is 9.41. The molecule has 4 amide bonds. The topological polar surface area (TPSA) is 142 Å². The Bertz CT molecular complexity index is 1080. The molecule has 1 aliphatic rings. The molecule has 0 fully saturated rings. The second-order valence-electron chi connectivity index (χ2n) is 7.49. The van der Waals surface area contributed by atoms with E-state index in [4.69, 9.17) is 0 Å². The molecule has 0 aromatic carbocycles. The van der Waals surface area contributed by atoms with E-state index in [1.807, 2.05) is 12.2 Å². The van der Waals surface area contributed by atoms with Crippen LogP contribution in [0.25, 0.3) is 0 Å². The molecule has 34 heavy (non-hydrogen) atoms. The van der Waals surface area contributed by atoms with Gasteiger partial charge in [-0.1, -0.05) is 35.4 Å². The second kappa shape index (κ2) is 11.5. The average Bonchev–Trinajstić information content (AvgIpc) is 2.90. The maximum absolute atomic E-state index is 12.4. The number of nitrogens with zero attached hydrogens (tertiary/aromatic N) is 2. The van der Waals surface area contributed by atoms with Crippen molar-refractivity contribution >= 4 is 23.6 Å². The fourth-order valence-electron chi connectivity index (χ4n) is 3.22. The zero-order valence-electron chi connectivity index (χ0n) is 19.0. The molecule has 0 aliphatic heterocycles. The Kier molecular flexibility index (Phi) is 8.22. The van der Waals surface area contributed by atoms with E-state index >= 15 is 0 Å². The van der Waals surface area contributed by atoms with Crippen molar-refractivity contribution in [3.63, 3.8) is 0 Å². The first kappa shape index (κ1) is 24.3. The molecule has 10 nitrogen and oxygen atoms in total. The Hall–Kier alpha value is -4.34. The number of hydrogen-bond acceptors (Lipinski definition) is 6. The maximum atomic E-state index is 12.4. The smallest absolute Gasteiger partial charge is 0.270 e. The van der Waals surface area contributed by atoms with E-state index in [1.54, 1.807) is 36.4 Å². The highest BCUT2D eigenvalue weighted by Crippen LogP contribution is 2.17. The molecule has 0 radical (unpaired) electrons. The van der Waals surface area contributed by atoms with Crippen LogP contribution in [-0.4, -0.2) is 60.8 Å². The molecular weight excluding hydrogens is 436 g/mol. The van der Waals surface area contributed by atoms with Crippen molar-refractivity contribution in [1.82, 2.24) is 31.2 Å². The van der Waals surface area contributed by atoms with Crippen LogP contribution >= 0.6 is 0 Å². The van der Waals surface area contributed by atoms with Gasteiger partial charge in [0.05, 0.1) is 0 Å². The van der Waals surface area contributed by atoms with Gasteiger partial charge in [-0.05, 0) is 37.1 Å². The van der Waals surface area contributed by atoms with Crippen molar-refractivity contribution in [2.75, 3.05) is 27.2 Å². The summed E-state index contributed by atoms with van der Waals surface area (Å²) in [5.41, 5.74) is 2.77. The lowest BCUT2D eigenvalue weighted by atomic mass is 9.98. The number of nitrogens with one attached hydrogen (secondary N) is 4. The Morgan fingerprint density at radius 2 is 1.00 bits per heavy atom. The van der Waals surface area contributed by atoms with Gasteiger partial charge in [-0.2, -0.15) is 0 Å². The van der Waals surface area contributed by atoms with Gasteiger partial charge >= 0.3 is 0 Å². The number of rotatable bonds is 8. The molecule has 2 aromatic heterocycles. The third kappa shape index (κ3) is 6.35. The molecule has 1 aliphatic carbocycles. The number of carbonyl (C=O) groups excluding carboxylic acids is 4. The molecule has 0 saturated carbocycles. The Morgan fingerprint density at radius 1 is 0.647 bits per heavy atom. The first-order valence-electron chi connectivity index (χ1n) is 10.7. The molecule has 3 rings (SSSR count). The molecule has 2 aromatic rings. The van der Waals surface area contributed by atoms with E-state index in [1.165, 1.54) is 14.1 Å². The lowest BCUT2D eigenvalue weighted by Gasteiger charge is -2.16. The monoisotopic (exact) mass is 462 g/mol. The van der Waals surface area contributed by atoms with E-state index in [2.05, 4.69) is 31.2 Å². The summed E-state index contributed by atoms with van der Waals surface area (Å²) in [6.07, 6.45) is 5.31. The first-order chi connectivity index (χ1) is 16.4. The molecule has 4 N–H and O–H groups in total. The van der Waals surface area contributed by atoms with Crippen LogP contribution in [0.3, 0.4) is 0 Å². The van der Waals surface area contributed by atoms with Gasteiger partial charge in [0.2, 0.25) is 0 Å². The van der Waals surface area contributed by atoms with Gasteiger partial charge < -0.3 is 21.3 Å². The van der Waals surface area contributed by atoms with Crippen molar-refractivity contribution < 1.29 is 19.2 Å². The van der Waals surface area contributed by atoms with Gasteiger partial charge in [-0.25, -0.2) is 9.97 Å². The van der Waals surface area contributed by atoms with Crippen LogP contribution in [0.2, 0.25) is 0 Å². The minimum atomic E-state index is -0.361. The van der Waals surface area contributed by atoms with Gasteiger partial charge in [0.1, 0.15) is 22.8 Å². The van der Waals surface area contributed by atoms with Gasteiger partial charge in [-0.15, -0.1) is 0 Å². The van der Waals surface area contributed by atoms with E-state index in [0.717, 1.165) is 24.0 Å². The number of hydrogen-bond donors (Lipinski definition) is 4. The number of pyridine rings is 2. The predicted octanol–water partition coefficient (Wildman–Crippen LogP) is 1.00. The highest BCUT2D eigenvalue weighted by atomic mass is 16.2. The number of allylic oxidation sites excluding steroid dienone is 2. The second-order valence-corrected chi connectivity index (χ2v) is 7.49. The molecule has 0 spiro atoms. The van der Waals surface area contributed by atoms with Crippen LogP contribution in [-0.2, 0) is 0 Å². The van der Waals surface area contributed by atoms with E-state index in [0.29, 0.717) is 13.1 Å².